The monoisotopic (exact) mass is 367 g/mol. The Labute approximate surface area is 158 Å². The van der Waals surface area contributed by atoms with Gasteiger partial charge < -0.3 is 15.1 Å². The standard InChI is InChI=1S/C20H25N5O2/c1-12(2)18(19-13(3)15-6-4-5-7-16(15)27-19)24-20(26)23-14-8-9-17-21-11-22-25(17)10-14/h4-7,11-12,14,18H,8-10H2,1-3H3,(H2,23,24,26). The highest BCUT2D eigenvalue weighted by Gasteiger charge is 2.27. The molecule has 2 atom stereocenters. The predicted molar refractivity (Wildman–Crippen MR) is 102 cm³/mol. The minimum absolute atomic E-state index is 0.0452. The van der Waals surface area contributed by atoms with Crippen LogP contribution in [0.4, 0.5) is 4.79 Å². The van der Waals surface area contributed by atoms with E-state index >= 15 is 0 Å². The summed E-state index contributed by atoms with van der Waals surface area (Å²) in [5, 5.41) is 11.5. The van der Waals surface area contributed by atoms with E-state index < -0.39 is 0 Å². The van der Waals surface area contributed by atoms with E-state index in [0.717, 1.165) is 41.0 Å². The number of fused-ring (bicyclic) bond motifs is 2. The van der Waals surface area contributed by atoms with Crippen molar-refractivity contribution in [2.75, 3.05) is 0 Å². The Bertz CT molecular complexity index is 958. The van der Waals surface area contributed by atoms with Gasteiger partial charge in [-0.3, -0.25) is 0 Å². The first-order valence-electron chi connectivity index (χ1n) is 9.44. The lowest BCUT2D eigenvalue weighted by atomic mass is 9.98. The molecule has 1 aliphatic heterocycles. The average Bonchev–Trinajstić information content (AvgIpc) is 3.24. The molecule has 0 spiro atoms. The van der Waals surface area contributed by atoms with Gasteiger partial charge in [-0.05, 0) is 25.3 Å². The van der Waals surface area contributed by atoms with Crippen LogP contribution < -0.4 is 10.6 Å². The number of aromatic nitrogens is 3. The Hall–Kier alpha value is -2.83. The van der Waals surface area contributed by atoms with Gasteiger partial charge in [0, 0.05) is 17.4 Å². The Balaban J connectivity index is 1.48. The first kappa shape index (κ1) is 17.6. The molecular formula is C20H25N5O2. The van der Waals surface area contributed by atoms with Crippen molar-refractivity contribution in [2.45, 2.75) is 52.2 Å². The molecule has 1 aromatic carbocycles. The molecule has 142 valence electrons. The fourth-order valence-electron chi connectivity index (χ4n) is 3.75. The third kappa shape index (κ3) is 3.41. The van der Waals surface area contributed by atoms with E-state index in [2.05, 4.69) is 34.6 Å². The number of furan rings is 1. The number of nitrogens with one attached hydrogen (secondary N) is 2. The summed E-state index contributed by atoms with van der Waals surface area (Å²) in [5.41, 5.74) is 1.93. The highest BCUT2D eigenvalue weighted by atomic mass is 16.3. The van der Waals surface area contributed by atoms with Gasteiger partial charge in [0.25, 0.3) is 0 Å². The van der Waals surface area contributed by atoms with Gasteiger partial charge in [0.1, 0.15) is 23.5 Å². The van der Waals surface area contributed by atoms with E-state index in [-0.39, 0.29) is 24.0 Å². The summed E-state index contributed by atoms with van der Waals surface area (Å²) in [6, 6.07) is 7.64. The molecule has 1 aliphatic rings. The molecule has 0 radical (unpaired) electrons. The average molecular weight is 367 g/mol. The number of hydrogen-bond acceptors (Lipinski definition) is 4. The molecule has 2 aromatic heterocycles. The molecule has 7 heteroatoms. The number of urea groups is 1. The maximum absolute atomic E-state index is 12.7. The predicted octanol–water partition coefficient (Wildman–Crippen LogP) is 3.34. The first-order chi connectivity index (χ1) is 13.0. The van der Waals surface area contributed by atoms with Crippen LogP contribution in [0.1, 0.15) is 43.5 Å². The molecule has 2 unspecified atom stereocenters. The highest BCUT2D eigenvalue weighted by molar-refractivity contribution is 5.82. The van der Waals surface area contributed by atoms with Crippen molar-refractivity contribution in [3.05, 3.63) is 47.7 Å². The topological polar surface area (TPSA) is 85.0 Å². The van der Waals surface area contributed by atoms with Gasteiger partial charge >= 0.3 is 6.03 Å². The van der Waals surface area contributed by atoms with Crippen LogP contribution in [-0.2, 0) is 13.0 Å². The Kier molecular flexibility index (Phi) is 4.59. The highest BCUT2D eigenvalue weighted by Crippen LogP contribution is 2.32. The fourth-order valence-corrected chi connectivity index (χ4v) is 3.75. The van der Waals surface area contributed by atoms with Crippen LogP contribution in [0.15, 0.2) is 35.0 Å². The number of rotatable bonds is 4. The molecule has 0 saturated carbocycles. The van der Waals surface area contributed by atoms with Gasteiger partial charge in [-0.2, -0.15) is 5.10 Å². The number of nitrogens with zero attached hydrogens (tertiary/aromatic N) is 3. The van der Waals surface area contributed by atoms with E-state index in [0.29, 0.717) is 6.54 Å². The van der Waals surface area contributed by atoms with Gasteiger partial charge in [0.15, 0.2) is 0 Å². The van der Waals surface area contributed by atoms with Crippen LogP contribution in [0.3, 0.4) is 0 Å². The smallest absolute Gasteiger partial charge is 0.315 e. The zero-order chi connectivity index (χ0) is 19.0. The van der Waals surface area contributed by atoms with E-state index in [4.69, 9.17) is 4.42 Å². The number of hydrogen-bond donors (Lipinski definition) is 2. The molecule has 2 N–H and O–H groups in total. The molecule has 7 nitrogen and oxygen atoms in total. The second-order valence-corrected chi connectivity index (χ2v) is 7.52. The van der Waals surface area contributed by atoms with Crippen molar-refractivity contribution < 1.29 is 9.21 Å². The number of benzene rings is 1. The maximum atomic E-state index is 12.7. The molecule has 27 heavy (non-hydrogen) atoms. The largest absolute Gasteiger partial charge is 0.459 e. The third-order valence-corrected chi connectivity index (χ3v) is 5.26. The minimum atomic E-state index is -0.192. The van der Waals surface area contributed by atoms with Crippen molar-refractivity contribution in [3.63, 3.8) is 0 Å². The van der Waals surface area contributed by atoms with Crippen molar-refractivity contribution >= 4 is 17.0 Å². The van der Waals surface area contributed by atoms with E-state index in [9.17, 15) is 4.79 Å². The van der Waals surface area contributed by atoms with Crippen LogP contribution in [-0.4, -0.2) is 26.8 Å². The molecule has 0 saturated heterocycles. The number of carbonyl (C=O) groups excluding carboxylic acids is 1. The van der Waals surface area contributed by atoms with Gasteiger partial charge in [-0.15, -0.1) is 0 Å². The van der Waals surface area contributed by atoms with Gasteiger partial charge in [-0.25, -0.2) is 14.5 Å². The van der Waals surface area contributed by atoms with Crippen molar-refractivity contribution in [2.24, 2.45) is 5.92 Å². The van der Waals surface area contributed by atoms with Crippen LogP contribution >= 0.6 is 0 Å². The van der Waals surface area contributed by atoms with Gasteiger partial charge in [0.05, 0.1) is 18.6 Å². The Morgan fingerprint density at radius 2 is 2.15 bits per heavy atom. The first-order valence-corrected chi connectivity index (χ1v) is 9.44. The maximum Gasteiger partial charge on any atom is 0.315 e. The third-order valence-electron chi connectivity index (χ3n) is 5.26. The molecule has 3 aromatic rings. The van der Waals surface area contributed by atoms with Crippen molar-refractivity contribution in [3.8, 4) is 0 Å². The lowest BCUT2D eigenvalue weighted by Gasteiger charge is -2.26. The minimum Gasteiger partial charge on any atom is -0.459 e. The van der Waals surface area contributed by atoms with E-state index in [1.807, 2.05) is 35.9 Å². The number of carbonyl (C=O) groups is 1. The summed E-state index contributed by atoms with van der Waals surface area (Å²) in [7, 11) is 0. The summed E-state index contributed by atoms with van der Waals surface area (Å²) < 4.78 is 7.94. The van der Waals surface area contributed by atoms with E-state index in [1.54, 1.807) is 6.33 Å². The second kappa shape index (κ2) is 7.06. The van der Waals surface area contributed by atoms with Crippen LogP contribution in [0.2, 0.25) is 0 Å². The summed E-state index contributed by atoms with van der Waals surface area (Å²) in [5.74, 6) is 2.00. The normalized spacial score (nSPS) is 17.7. The summed E-state index contributed by atoms with van der Waals surface area (Å²) in [6.45, 7) is 6.86. The lowest BCUT2D eigenvalue weighted by Crippen LogP contribution is -2.47. The molecule has 0 fully saturated rings. The molecule has 3 heterocycles. The van der Waals surface area contributed by atoms with Crippen LogP contribution in [0.25, 0.3) is 11.0 Å². The summed E-state index contributed by atoms with van der Waals surface area (Å²) in [6.07, 6.45) is 3.25. The SMILES string of the molecule is Cc1c(C(NC(=O)NC2CCc3ncnn3C2)C(C)C)oc2ccccc12. The quantitative estimate of drug-likeness (QED) is 0.741. The van der Waals surface area contributed by atoms with E-state index in [1.165, 1.54) is 0 Å². The molecule has 0 bridgehead atoms. The number of amides is 2. The van der Waals surface area contributed by atoms with Crippen LogP contribution in [0, 0.1) is 12.8 Å². The van der Waals surface area contributed by atoms with Crippen molar-refractivity contribution in [1.82, 2.24) is 25.4 Å². The number of aryl methyl sites for hydroxylation is 2. The molecule has 4 rings (SSSR count). The molecular weight excluding hydrogens is 342 g/mol. The summed E-state index contributed by atoms with van der Waals surface area (Å²) >= 11 is 0. The zero-order valence-corrected chi connectivity index (χ0v) is 15.9. The van der Waals surface area contributed by atoms with Gasteiger partial charge in [-0.1, -0.05) is 32.0 Å². The lowest BCUT2D eigenvalue weighted by molar-refractivity contribution is 0.221. The fraction of sp³-hybridized carbons (Fsp3) is 0.450. The number of para-hydroxylation sites is 1. The molecule has 0 aliphatic carbocycles. The zero-order valence-electron chi connectivity index (χ0n) is 15.9. The van der Waals surface area contributed by atoms with Gasteiger partial charge in [0.2, 0.25) is 0 Å². The second-order valence-electron chi connectivity index (χ2n) is 7.52. The summed E-state index contributed by atoms with van der Waals surface area (Å²) in [4.78, 5) is 16.9. The Morgan fingerprint density at radius 3 is 2.93 bits per heavy atom. The van der Waals surface area contributed by atoms with Crippen LogP contribution in [0.5, 0.6) is 0 Å². The molecule has 2 amide bonds. The van der Waals surface area contributed by atoms with Crippen molar-refractivity contribution in [1.29, 1.82) is 0 Å². The Morgan fingerprint density at radius 1 is 1.33 bits per heavy atom.